The van der Waals surface area contributed by atoms with Crippen LogP contribution in [-0.4, -0.2) is 25.0 Å². The van der Waals surface area contributed by atoms with E-state index < -0.39 is 0 Å². The van der Waals surface area contributed by atoms with E-state index in [0.717, 1.165) is 82.9 Å². The number of rotatable bonds is 3. The molecule has 0 atom stereocenters. The summed E-state index contributed by atoms with van der Waals surface area (Å²) in [6.45, 7) is 19.1. The number of fused-ring (bicyclic) bond motifs is 5. The zero-order chi connectivity index (χ0) is 33.8. The molecule has 8 rings (SSSR count). The van der Waals surface area contributed by atoms with Crippen LogP contribution in [0.1, 0.15) is 50.1 Å². The van der Waals surface area contributed by atoms with Crippen LogP contribution in [0, 0.1) is 62.3 Å². The van der Waals surface area contributed by atoms with Crippen molar-refractivity contribution < 1.29 is 9.52 Å². The molecule has 0 unspecified atom stereocenters. The summed E-state index contributed by atoms with van der Waals surface area (Å²) in [5.74, 6) is 0.881. The Balaban J connectivity index is 1.32. The first-order chi connectivity index (χ1) is 22.9. The van der Waals surface area contributed by atoms with Gasteiger partial charge < -0.3 is 14.5 Å². The van der Waals surface area contributed by atoms with E-state index in [0.29, 0.717) is 22.8 Å². The van der Waals surface area contributed by atoms with Crippen LogP contribution in [0.2, 0.25) is 0 Å². The molecule has 48 heavy (non-hydrogen) atoms. The summed E-state index contributed by atoms with van der Waals surface area (Å²) >= 11 is 0. The molecule has 0 saturated carbocycles. The van der Waals surface area contributed by atoms with Crippen LogP contribution < -0.4 is 0 Å². The number of pyridine rings is 2. The molecule has 0 aliphatic carbocycles. The molecule has 0 bridgehead atoms. The van der Waals surface area contributed by atoms with Crippen LogP contribution in [0.3, 0.4) is 0 Å². The second-order valence-electron chi connectivity index (χ2n) is 13.6. The highest BCUT2D eigenvalue weighted by molar-refractivity contribution is 6.07. The topological polar surface area (TPSA) is 87.8 Å². The Kier molecular flexibility index (Phi) is 6.54. The van der Waals surface area contributed by atoms with Crippen molar-refractivity contribution in [1.29, 1.82) is 0 Å². The van der Waals surface area contributed by atoms with Gasteiger partial charge in [-0.05, 0) is 160 Å². The van der Waals surface area contributed by atoms with E-state index in [9.17, 15) is 5.11 Å². The van der Waals surface area contributed by atoms with Crippen molar-refractivity contribution in [3.8, 4) is 39.5 Å². The maximum absolute atomic E-state index is 10.9. The van der Waals surface area contributed by atoms with Gasteiger partial charge >= 0.3 is 0 Å². The number of phenols is 1. The van der Waals surface area contributed by atoms with E-state index >= 15 is 0 Å². The van der Waals surface area contributed by atoms with Crippen LogP contribution in [0.4, 0.5) is 0 Å². The van der Waals surface area contributed by atoms with Crippen molar-refractivity contribution >= 4 is 44.1 Å². The largest absolute Gasteiger partial charge is 0.507 e. The molecule has 2 N–H and O–H groups in total. The summed E-state index contributed by atoms with van der Waals surface area (Å²) in [6, 6.07) is 18.9. The van der Waals surface area contributed by atoms with Gasteiger partial charge in [-0.15, -0.1) is 0 Å². The summed E-state index contributed by atoms with van der Waals surface area (Å²) in [4.78, 5) is 18.7. The standard InChI is InChI=1S/C42H38N4O2/c1-19-10-11-28-18-31-29-12-13-34(43-41(29)48-42(31)46-37(28)25(19)7)30-15-22(4)24(6)36(27(30)9)33-16-23(5)26(8)38-39(33)45-40(44-38)32-14-20(2)21(3)17-35(32)47/h10-18,47H,1-9H3,(H,44,45). The third-order valence-electron chi connectivity index (χ3n) is 10.6. The first-order valence-electron chi connectivity index (χ1n) is 16.4. The van der Waals surface area contributed by atoms with Gasteiger partial charge in [0.05, 0.1) is 33.2 Å². The molecule has 4 aromatic carbocycles. The predicted molar refractivity (Wildman–Crippen MR) is 197 cm³/mol. The van der Waals surface area contributed by atoms with E-state index in [1.54, 1.807) is 0 Å². The molecule has 6 nitrogen and oxygen atoms in total. The van der Waals surface area contributed by atoms with Crippen molar-refractivity contribution in [2.75, 3.05) is 0 Å². The van der Waals surface area contributed by atoms with Gasteiger partial charge in [-0.3, -0.25) is 0 Å². The molecule has 0 aliphatic rings. The lowest BCUT2D eigenvalue weighted by atomic mass is 9.86. The van der Waals surface area contributed by atoms with Gasteiger partial charge in [0, 0.05) is 21.9 Å². The minimum absolute atomic E-state index is 0.221. The molecule has 4 aromatic heterocycles. The van der Waals surface area contributed by atoms with Crippen molar-refractivity contribution in [2.45, 2.75) is 62.3 Å². The van der Waals surface area contributed by atoms with E-state index in [-0.39, 0.29) is 5.75 Å². The summed E-state index contributed by atoms with van der Waals surface area (Å²) in [6.07, 6.45) is 0. The highest BCUT2D eigenvalue weighted by atomic mass is 16.3. The van der Waals surface area contributed by atoms with E-state index in [2.05, 4.69) is 103 Å². The third-order valence-corrected chi connectivity index (χ3v) is 10.6. The maximum Gasteiger partial charge on any atom is 0.230 e. The maximum atomic E-state index is 10.9. The molecule has 0 saturated heterocycles. The Hall–Kier alpha value is -5.49. The molecule has 0 spiro atoms. The number of aromatic nitrogens is 4. The van der Waals surface area contributed by atoms with Crippen molar-refractivity contribution in [1.82, 2.24) is 19.9 Å². The quantitative estimate of drug-likeness (QED) is 0.203. The second-order valence-corrected chi connectivity index (χ2v) is 13.6. The number of hydrogen-bond acceptors (Lipinski definition) is 5. The van der Waals surface area contributed by atoms with Crippen LogP contribution in [-0.2, 0) is 0 Å². The minimum atomic E-state index is 0.221. The van der Waals surface area contributed by atoms with Gasteiger partial charge in [-0.25, -0.2) is 15.0 Å². The number of aryl methyl sites for hydroxylation is 7. The number of aromatic hydroxyl groups is 1. The molecule has 8 aromatic rings. The van der Waals surface area contributed by atoms with Gasteiger partial charge in [0.25, 0.3) is 0 Å². The lowest BCUT2D eigenvalue weighted by molar-refractivity contribution is 0.476. The fourth-order valence-corrected chi connectivity index (χ4v) is 7.16. The molecule has 0 amide bonds. The number of H-pyrrole nitrogens is 1. The highest BCUT2D eigenvalue weighted by Gasteiger charge is 2.22. The normalized spacial score (nSPS) is 11.9. The number of furan rings is 1. The molecule has 6 heteroatoms. The number of imidazole rings is 1. The minimum Gasteiger partial charge on any atom is -0.507 e. The average molecular weight is 631 g/mol. The van der Waals surface area contributed by atoms with Crippen LogP contribution in [0.15, 0.2) is 59.0 Å². The van der Waals surface area contributed by atoms with Crippen molar-refractivity contribution in [3.05, 3.63) is 105 Å². The van der Waals surface area contributed by atoms with Crippen LogP contribution in [0.5, 0.6) is 5.75 Å². The first-order valence-corrected chi connectivity index (χ1v) is 16.4. The van der Waals surface area contributed by atoms with Gasteiger partial charge in [-0.2, -0.15) is 0 Å². The third kappa shape index (κ3) is 4.35. The zero-order valence-corrected chi connectivity index (χ0v) is 28.9. The van der Waals surface area contributed by atoms with E-state index in [1.807, 2.05) is 19.1 Å². The van der Waals surface area contributed by atoms with Crippen LogP contribution >= 0.6 is 0 Å². The summed E-state index contributed by atoms with van der Waals surface area (Å²) in [7, 11) is 0. The van der Waals surface area contributed by atoms with Gasteiger partial charge in [0.1, 0.15) is 11.6 Å². The number of nitrogens with zero attached hydrogens (tertiary/aromatic N) is 3. The van der Waals surface area contributed by atoms with E-state index in [1.165, 1.54) is 22.3 Å². The molecular weight excluding hydrogens is 592 g/mol. The predicted octanol–water partition coefficient (Wildman–Crippen LogP) is 10.9. The van der Waals surface area contributed by atoms with E-state index in [4.69, 9.17) is 19.4 Å². The fourth-order valence-electron chi connectivity index (χ4n) is 7.16. The van der Waals surface area contributed by atoms with Crippen molar-refractivity contribution in [2.24, 2.45) is 0 Å². The second kappa shape index (κ2) is 10.5. The molecule has 4 heterocycles. The Morgan fingerprint density at radius 2 is 1.23 bits per heavy atom. The summed E-state index contributed by atoms with van der Waals surface area (Å²) in [5.41, 5.74) is 19.2. The Labute approximate surface area is 279 Å². The zero-order valence-electron chi connectivity index (χ0n) is 28.9. The lowest BCUT2D eigenvalue weighted by Gasteiger charge is -2.19. The summed E-state index contributed by atoms with van der Waals surface area (Å²) in [5, 5.41) is 13.9. The number of aromatic amines is 1. The molecular formula is C42H38N4O2. The van der Waals surface area contributed by atoms with Gasteiger partial charge in [-0.1, -0.05) is 12.1 Å². The summed E-state index contributed by atoms with van der Waals surface area (Å²) < 4.78 is 6.33. The molecule has 238 valence electrons. The number of phenolic OH excluding ortho intramolecular Hbond substituents is 1. The smallest absolute Gasteiger partial charge is 0.230 e. The Bertz CT molecular complexity index is 2670. The molecule has 0 radical (unpaired) electrons. The highest BCUT2D eigenvalue weighted by Crippen LogP contribution is 2.42. The average Bonchev–Trinajstić information content (AvgIpc) is 3.66. The Morgan fingerprint density at radius 3 is 2.02 bits per heavy atom. The molecule has 0 aliphatic heterocycles. The SMILES string of the molecule is Cc1cc(O)c(-c2nc3c(-c4c(C)c(C)cc(-c5ccc6c(n5)oc5nc7c(C)c(C)ccc7cc56)c4C)cc(C)c(C)c3[nH]2)cc1C. The van der Waals surface area contributed by atoms with Gasteiger partial charge in [0.15, 0.2) is 0 Å². The molecule has 0 fully saturated rings. The Morgan fingerprint density at radius 1 is 0.542 bits per heavy atom. The lowest BCUT2D eigenvalue weighted by Crippen LogP contribution is -1.99. The first kappa shape index (κ1) is 29.9. The monoisotopic (exact) mass is 630 g/mol. The fraction of sp³-hybridized carbons (Fsp3) is 0.214. The number of hydrogen-bond donors (Lipinski definition) is 2. The van der Waals surface area contributed by atoms with Crippen LogP contribution in [0.25, 0.3) is 77.9 Å². The van der Waals surface area contributed by atoms with Gasteiger partial charge in [0.2, 0.25) is 11.4 Å². The number of benzene rings is 4. The van der Waals surface area contributed by atoms with Crippen molar-refractivity contribution in [3.63, 3.8) is 0 Å². The number of nitrogens with one attached hydrogen (secondary N) is 1.